The Labute approximate surface area is 83.8 Å². The average molecular weight is 193 g/mol. The van der Waals surface area contributed by atoms with Crippen LogP contribution in [-0.4, -0.2) is 16.1 Å². The average Bonchev–Trinajstić information content (AvgIpc) is 2.15. The first-order valence-electron chi connectivity index (χ1n) is 4.81. The van der Waals surface area contributed by atoms with Crippen molar-refractivity contribution >= 4 is 5.97 Å². The van der Waals surface area contributed by atoms with Crippen molar-refractivity contribution in [3.8, 4) is 0 Å². The summed E-state index contributed by atoms with van der Waals surface area (Å²) >= 11 is 0. The van der Waals surface area contributed by atoms with E-state index in [0.29, 0.717) is 12.1 Å². The maximum Gasteiger partial charge on any atom is 0.312 e. The van der Waals surface area contributed by atoms with E-state index in [2.05, 4.69) is 4.98 Å². The first-order valence-corrected chi connectivity index (χ1v) is 4.81. The minimum Gasteiger partial charge on any atom is -0.481 e. The van der Waals surface area contributed by atoms with Crippen LogP contribution in [0.4, 0.5) is 0 Å². The molecule has 0 aliphatic rings. The monoisotopic (exact) mass is 193 g/mol. The van der Waals surface area contributed by atoms with Gasteiger partial charge in [0, 0.05) is 6.20 Å². The summed E-state index contributed by atoms with van der Waals surface area (Å²) in [5.74, 6) is -1.24. The van der Waals surface area contributed by atoms with E-state index in [4.69, 9.17) is 5.11 Å². The van der Waals surface area contributed by atoms with Gasteiger partial charge < -0.3 is 5.11 Å². The smallest absolute Gasteiger partial charge is 0.312 e. The third kappa shape index (κ3) is 2.31. The van der Waals surface area contributed by atoms with Gasteiger partial charge in [-0.15, -0.1) is 0 Å². The second kappa shape index (κ2) is 4.74. The number of carboxylic acids is 1. The molecule has 1 N–H and O–H groups in total. The molecular weight excluding hydrogens is 178 g/mol. The summed E-state index contributed by atoms with van der Waals surface area (Å²) < 4.78 is 0. The quantitative estimate of drug-likeness (QED) is 0.798. The fourth-order valence-corrected chi connectivity index (χ4v) is 1.53. The minimum absolute atomic E-state index is 0.457. The summed E-state index contributed by atoms with van der Waals surface area (Å²) in [4.78, 5) is 15.1. The van der Waals surface area contributed by atoms with Crippen LogP contribution in [0.25, 0.3) is 0 Å². The third-order valence-electron chi connectivity index (χ3n) is 2.26. The van der Waals surface area contributed by atoms with Gasteiger partial charge in [-0.2, -0.15) is 0 Å². The van der Waals surface area contributed by atoms with Gasteiger partial charge in [0.25, 0.3) is 0 Å². The van der Waals surface area contributed by atoms with Crippen molar-refractivity contribution in [2.45, 2.75) is 32.6 Å². The molecule has 0 bridgehead atoms. The van der Waals surface area contributed by atoms with E-state index in [1.54, 1.807) is 6.20 Å². The highest BCUT2D eigenvalue weighted by Crippen LogP contribution is 2.22. The number of aromatic nitrogens is 1. The number of nitrogens with zero attached hydrogens (tertiary/aromatic N) is 1. The SMILES string of the molecule is CCCC(C(=O)O)c1ncccc1C. The number of hydrogen-bond donors (Lipinski definition) is 1. The molecule has 0 saturated heterocycles. The number of hydrogen-bond acceptors (Lipinski definition) is 2. The molecule has 0 amide bonds. The van der Waals surface area contributed by atoms with Crippen LogP contribution >= 0.6 is 0 Å². The zero-order valence-corrected chi connectivity index (χ0v) is 8.53. The first kappa shape index (κ1) is 10.7. The van der Waals surface area contributed by atoms with Crippen LogP contribution in [0.15, 0.2) is 18.3 Å². The largest absolute Gasteiger partial charge is 0.481 e. The van der Waals surface area contributed by atoms with Gasteiger partial charge in [-0.05, 0) is 25.0 Å². The van der Waals surface area contributed by atoms with Gasteiger partial charge in [-0.1, -0.05) is 19.4 Å². The van der Waals surface area contributed by atoms with Crippen molar-refractivity contribution in [2.24, 2.45) is 0 Å². The Bertz CT molecular complexity index is 323. The fourth-order valence-electron chi connectivity index (χ4n) is 1.53. The molecule has 3 nitrogen and oxygen atoms in total. The predicted molar refractivity (Wildman–Crippen MR) is 54.3 cm³/mol. The van der Waals surface area contributed by atoms with Crippen molar-refractivity contribution < 1.29 is 9.90 Å². The summed E-state index contributed by atoms with van der Waals surface area (Å²) in [6.07, 6.45) is 3.15. The van der Waals surface area contributed by atoms with Crippen LogP contribution in [0.5, 0.6) is 0 Å². The Hall–Kier alpha value is -1.38. The molecule has 0 aliphatic carbocycles. The lowest BCUT2D eigenvalue weighted by molar-refractivity contribution is -0.139. The van der Waals surface area contributed by atoms with E-state index < -0.39 is 11.9 Å². The number of aryl methyl sites for hydroxylation is 1. The zero-order valence-electron chi connectivity index (χ0n) is 8.53. The van der Waals surface area contributed by atoms with Gasteiger partial charge in [0.15, 0.2) is 0 Å². The summed E-state index contributed by atoms with van der Waals surface area (Å²) in [5, 5.41) is 9.04. The topological polar surface area (TPSA) is 50.2 Å². The summed E-state index contributed by atoms with van der Waals surface area (Å²) in [6, 6.07) is 3.72. The summed E-state index contributed by atoms with van der Waals surface area (Å²) in [6.45, 7) is 3.88. The van der Waals surface area contributed by atoms with Gasteiger partial charge in [0.2, 0.25) is 0 Å². The Morgan fingerprint density at radius 3 is 2.86 bits per heavy atom. The Morgan fingerprint density at radius 2 is 2.36 bits per heavy atom. The first-order chi connectivity index (χ1) is 6.66. The van der Waals surface area contributed by atoms with Gasteiger partial charge in [0.1, 0.15) is 0 Å². The van der Waals surface area contributed by atoms with Crippen LogP contribution in [0, 0.1) is 6.92 Å². The Balaban J connectivity index is 2.99. The highest BCUT2D eigenvalue weighted by Gasteiger charge is 2.21. The molecule has 1 aromatic rings. The molecule has 1 rings (SSSR count). The number of pyridine rings is 1. The van der Waals surface area contributed by atoms with Gasteiger partial charge >= 0.3 is 5.97 Å². The van der Waals surface area contributed by atoms with Crippen molar-refractivity contribution in [1.82, 2.24) is 4.98 Å². The highest BCUT2D eigenvalue weighted by atomic mass is 16.4. The Kier molecular flexibility index (Phi) is 3.63. The lowest BCUT2D eigenvalue weighted by atomic mass is 9.96. The van der Waals surface area contributed by atoms with E-state index in [0.717, 1.165) is 12.0 Å². The summed E-state index contributed by atoms with van der Waals surface area (Å²) in [5.41, 5.74) is 1.65. The molecule has 1 heterocycles. The van der Waals surface area contributed by atoms with Crippen molar-refractivity contribution in [2.75, 3.05) is 0 Å². The third-order valence-corrected chi connectivity index (χ3v) is 2.26. The molecule has 14 heavy (non-hydrogen) atoms. The van der Waals surface area contributed by atoms with Crippen LogP contribution < -0.4 is 0 Å². The molecule has 1 unspecified atom stereocenters. The molecular formula is C11H15NO2. The number of carboxylic acid groups (broad SMARTS) is 1. The van der Waals surface area contributed by atoms with Crippen LogP contribution in [0.1, 0.15) is 36.9 Å². The van der Waals surface area contributed by atoms with E-state index in [9.17, 15) is 4.79 Å². The number of rotatable bonds is 4. The second-order valence-corrected chi connectivity index (χ2v) is 3.39. The fraction of sp³-hybridized carbons (Fsp3) is 0.455. The van der Waals surface area contributed by atoms with Crippen molar-refractivity contribution in [3.63, 3.8) is 0 Å². The molecule has 0 radical (unpaired) electrons. The number of carbonyl (C=O) groups is 1. The van der Waals surface area contributed by atoms with Crippen molar-refractivity contribution in [3.05, 3.63) is 29.6 Å². The van der Waals surface area contributed by atoms with E-state index in [1.807, 2.05) is 26.0 Å². The van der Waals surface area contributed by atoms with Crippen LogP contribution in [0.3, 0.4) is 0 Å². The second-order valence-electron chi connectivity index (χ2n) is 3.39. The molecule has 0 spiro atoms. The number of aliphatic carboxylic acids is 1. The van der Waals surface area contributed by atoms with Crippen LogP contribution in [0.2, 0.25) is 0 Å². The molecule has 1 atom stereocenters. The van der Waals surface area contributed by atoms with Crippen molar-refractivity contribution in [1.29, 1.82) is 0 Å². The highest BCUT2D eigenvalue weighted by molar-refractivity contribution is 5.75. The normalized spacial score (nSPS) is 12.4. The lowest BCUT2D eigenvalue weighted by Gasteiger charge is -2.12. The maximum atomic E-state index is 11.0. The van der Waals surface area contributed by atoms with Gasteiger partial charge in [-0.3, -0.25) is 9.78 Å². The summed E-state index contributed by atoms with van der Waals surface area (Å²) in [7, 11) is 0. The van der Waals surface area contributed by atoms with E-state index in [-0.39, 0.29) is 0 Å². The van der Waals surface area contributed by atoms with E-state index >= 15 is 0 Å². The van der Waals surface area contributed by atoms with Gasteiger partial charge in [0.05, 0.1) is 11.6 Å². The predicted octanol–water partition coefficient (Wildman–Crippen LogP) is 2.36. The zero-order chi connectivity index (χ0) is 10.6. The standard InChI is InChI=1S/C11H15NO2/c1-3-5-9(11(13)14)10-8(2)6-4-7-12-10/h4,6-7,9H,3,5H2,1-2H3,(H,13,14). The lowest BCUT2D eigenvalue weighted by Crippen LogP contribution is -2.14. The van der Waals surface area contributed by atoms with Crippen LogP contribution in [-0.2, 0) is 4.79 Å². The van der Waals surface area contributed by atoms with E-state index in [1.165, 1.54) is 0 Å². The molecule has 0 fully saturated rings. The molecule has 0 aromatic carbocycles. The molecule has 76 valence electrons. The maximum absolute atomic E-state index is 11.0. The molecule has 1 aromatic heterocycles. The molecule has 0 aliphatic heterocycles. The molecule has 3 heteroatoms. The molecule has 0 saturated carbocycles. The minimum atomic E-state index is -0.784. The van der Waals surface area contributed by atoms with Gasteiger partial charge in [-0.25, -0.2) is 0 Å². The Morgan fingerprint density at radius 1 is 1.64 bits per heavy atom.